The van der Waals surface area contributed by atoms with Gasteiger partial charge in [-0.25, -0.2) is 0 Å². The van der Waals surface area contributed by atoms with Gasteiger partial charge in [0.2, 0.25) is 0 Å². The van der Waals surface area contributed by atoms with Crippen molar-refractivity contribution in [2.75, 3.05) is 4.90 Å². The fourth-order valence-corrected chi connectivity index (χ4v) is 9.31. The first-order valence-corrected chi connectivity index (χ1v) is 19.7. The molecule has 1 heteroatoms. The van der Waals surface area contributed by atoms with E-state index in [0.717, 1.165) is 17.1 Å². The Morgan fingerprint density at radius 3 is 1.58 bits per heavy atom. The standard InChI is InChI=1S/C54H45N/c1-53(2)29-30-54(3,4)51-34-40-31-38(25-26-39(40)33-50(51)53)37-17-14-18-41(32-37)55(52-24-13-12-19-43(52)36-15-6-5-7-16-36)42-27-28-48-46-22-9-8-20-44(46)45-21-10-11-23-47(45)49(48)35-42/h5-28,31-35H,29-30H2,1-4H3. The van der Waals surface area contributed by atoms with Crippen molar-refractivity contribution in [3.05, 3.63) is 187 Å². The Labute approximate surface area is 324 Å². The summed E-state index contributed by atoms with van der Waals surface area (Å²) in [6.07, 6.45) is 2.43. The number of para-hydroxylation sites is 1. The third kappa shape index (κ3) is 5.61. The summed E-state index contributed by atoms with van der Waals surface area (Å²) >= 11 is 0. The van der Waals surface area contributed by atoms with Crippen molar-refractivity contribution in [1.29, 1.82) is 0 Å². The molecule has 0 heterocycles. The largest absolute Gasteiger partial charge is 0.310 e. The van der Waals surface area contributed by atoms with E-state index in [9.17, 15) is 0 Å². The van der Waals surface area contributed by atoms with Gasteiger partial charge in [0.15, 0.2) is 0 Å². The molecule has 0 fully saturated rings. The molecular formula is C54H45N. The SMILES string of the molecule is CC1(C)CCC(C)(C)c2cc3cc(-c4cccc(N(c5ccc6c7ccccc7c7ccccc7c6c5)c5ccccc5-c5ccccc5)c4)ccc3cc21. The summed E-state index contributed by atoms with van der Waals surface area (Å²) in [5, 5.41) is 10.3. The van der Waals surface area contributed by atoms with Gasteiger partial charge in [-0.05, 0) is 131 Å². The molecule has 0 unspecified atom stereocenters. The molecule has 1 aliphatic carbocycles. The number of rotatable bonds is 5. The van der Waals surface area contributed by atoms with Gasteiger partial charge in [-0.3, -0.25) is 0 Å². The van der Waals surface area contributed by atoms with Gasteiger partial charge >= 0.3 is 0 Å². The second-order valence-corrected chi connectivity index (χ2v) is 16.8. The van der Waals surface area contributed by atoms with Gasteiger partial charge in [-0.15, -0.1) is 0 Å². The van der Waals surface area contributed by atoms with Gasteiger partial charge in [-0.2, -0.15) is 0 Å². The third-order valence-corrected chi connectivity index (χ3v) is 12.5. The maximum absolute atomic E-state index is 2.49. The van der Waals surface area contributed by atoms with Crippen molar-refractivity contribution >= 4 is 60.2 Å². The van der Waals surface area contributed by atoms with Crippen LogP contribution in [0.25, 0.3) is 65.3 Å². The van der Waals surface area contributed by atoms with E-state index in [1.54, 1.807) is 0 Å². The Morgan fingerprint density at radius 1 is 0.364 bits per heavy atom. The normalized spacial score (nSPS) is 14.7. The number of benzene rings is 9. The summed E-state index contributed by atoms with van der Waals surface area (Å²) in [7, 11) is 0. The van der Waals surface area contributed by atoms with Crippen LogP contribution in [0.15, 0.2) is 176 Å². The highest BCUT2D eigenvalue weighted by Gasteiger charge is 2.37. The van der Waals surface area contributed by atoms with Crippen molar-refractivity contribution < 1.29 is 0 Å². The fourth-order valence-electron chi connectivity index (χ4n) is 9.31. The van der Waals surface area contributed by atoms with Crippen LogP contribution in [0.2, 0.25) is 0 Å². The van der Waals surface area contributed by atoms with Crippen molar-refractivity contribution in [3.63, 3.8) is 0 Å². The van der Waals surface area contributed by atoms with Crippen LogP contribution in [0.3, 0.4) is 0 Å². The third-order valence-electron chi connectivity index (χ3n) is 12.5. The molecule has 0 atom stereocenters. The van der Waals surface area contributed by atoms with Crippen LogP contribution in [-0.4, -0.2) is 0 Å². The van der Waals surface area contributed by atoms with Gasteiger partial charge in [0.05, 0.1) is 5.69 Å². The Morgan fingerprint density at radius 2 is 0.891 bits per heavy atom. The molecule has 0 aromatic heterocycles. The van der Waals surface area contributed by atoms with Gasteiger partial charge in [0, 0.05) is 16.9 Å². The highest BCUT2D eigenvalue weighted by Crippen LogP contribution is 2.48. The minimum atomic E-state index is 0.166. The van der Waals surface area contributed by atoms with E-state index in [1.807, 2.05) is 0 Å². The molecule has 0 spiro atoms. The van der Waals surface area contributed by atoms with Crippen LogP contribution >= 0.6 is 0 Å². The molecule has 0 radical (unpaired) electrons. The molecule has 0 amide bonds. The summed E-state index contributed by atoms with van der Waals surface area (Å²) in [6, 6.07) is 65.4. The zero-order valence-corrected chi connectivity index (χ0v) is 32.1. The van der Waals surface area contributed by atoms with E-state index in [-0.39, 0.29) is 10.8 Å². The van der Waals surface area contributed by atoms with Gasteiger partial charge in [-0.1, -0.05) is 167 Å². The van der Waals surface area contributed by atoms with E-state index in [1.165, 1.54) is 89.3 Å². The van der Waals surface area contributed by atoms with Crippen LogP contribution in [0.4, 0.5) is 17.1 Å². The van der Waals surface area contributed by atoms with E-state index in [4.69, 9.17) is 0 Å². The molecule has 266 valence electrons. The average Bonchev–Trinajstić information content (AvgIpc) is 3.23. The van der Waals surface area contributed by atoms with Gasteiger partial charge in [0.25, 0.3) is 0 Å². The van der Waals surface area contributed by atoms with E-state index >= 15 is 0 Å². The van der Waals surface area contributed by atoms with Gasteiger partial charge in [0.1, 0.15) is 0 Å². The molecule has 0 saturated carbocycles. The van der Waals surface area contributed by atoms with E-state index in [2.05, 4.69) is 209 Å². The number of fused-ring (bicyclic) bond motifs is 8. The maximum atomic E-state index is 2.49. The summed E-state index contributed by atoms with van der Waals surface area (Å²) in [5.41, 5.74) is 11.6. The van der Waals surface area contributed by atoms with Crippen LogP contribution < -0.4 is 4.90 Å². The van der Waals surface area contributed by atoms with Crippen LogP contribution in [0.5, 0.6) is 0 Å². The van der Waals surface area contributed by atoms with Crippen LogP contribution in [-0.2, 0) is 10.8 Å². The summed E-state index contributed by atoms with van der Waals surface area (Å²) in [5.74, 6) is 0. The molecule has 9 aromatic rings. The molecule has 0 aliphatic heterocycles. The lowest BCUT2D eigenvalue weighted by atomic mass is 9.63. The van der Waals surface area contributed by atoms with Crippen molar-refractivity contribution in [2.45, 2.75) is 51.4 Å². The highest BCUT2D eigenvalue weighted by atomic mass is 15.1. The summed E-state index contributed by atoms with van der Waals surface area (Å²) in [6.45, 7) is 9.66. The quantitative estimate of drug-likeness (QED) is 0.161. The molecular weight excluding hydrogens is 663 g/mol. The molecule has 1 nitrogen and oxygen atoms in total. The van der Waals surface area contributed by atoms with Crippen LogP contribution in [0.1, 0.15) is 51.7 Å². The first kappa shape index (κ1) is 33.4. The monoisotopic (exact) mass is 707 g/mol. The summed E-state index contributed by atoms with van der Waals surface area (Å²) < 4.78 is 0. The Kier molecular flexibility index (Phi) is 7.72. The Hall–Kier alpha value is -6.18. The van der Waals surface area contributed by atoms with Gasteiger partial charge < -0.3 is 4.90 Å². The molecule has 55 heavy (non-hydrogen) atoms. The van der Waals surface area contributed by atoms with Crippen LogP contribution in [0, 0.1) is 0 Å². The number of nitrogens with zero attached hydrogens (tertiary/aromatic N) is 1. The lowest BCUT2D eigenvalue weighted by Crippen LogP contribution is -2.33. The zero-order valence-electron chi connectivity index (χ0n) is 32.1. The topological polar surface area (TPSA) is 3.24 Å². The zero-order chi connectivity index (χ0) is 37.3. The average molecular weight is 708 g/mol. The molecule has 10 rings (SSSR count). The smallest absolute Gasteiger partial charge is 0.0540 e. The first-order valence-electron chi connectivity index (χ1n) is 19.7. The number of hydrogen-bond acceptors (Lipinski definition) is 1. The Balaban J connectivity index is 1.17. The lowest BCUT2D eigenvalue weighted by molar-refractivity contribution is 0.332. The highest BCUT2D eigenvalue weighted by molar-refractivity contribution is 6.25. The second-order valence-electron chi connectivity index (χ2n) is 16.8. The minimum Gasteiger partial charge on any atom is -0.310 e. The molecule has 0 saturated heterocycles. The molecule has 9 aromatic carbocycles. The van der Waals surface area contributed by atoms with E-state index < -0.39 is 0 Å². The lowest BCUT2D eigenvalue weighted by Gasteiger charge is -2.42. The van der Waals surface area contributed by atoms with Crippen molar-refractivity contribution in [3.8, 4) is 22.3 Å². The van der Waals surface area contributed by atoms with E-state index in [0.29, 0.717) is 0 Å². The second kappa shape index (κ2) is 12.7. The number of hydrogen-bond donors (Lipinski definition) is 0. The first-order chi connectivity index (χ1) is 26.7. The maximum Gasteiger partial charge on any atom is 0.0540 e. The summed E-state index contributed by atoms with van der Waals surface area (Å²) in [4.78, 5) is 2.46. The fraction of sp³-hybridized carbons (Fsp3) is 0.148. The minimum absolute atomic E-state index is 0.166. The Bertz CT molecular complexity index is 2900. The number of anilines is 3. The van der Waals surface area contributed by atoms with Crippen molar-refractivity contribution in [1.82, 2.24) is 0 Å². The molecule has 0 N–H and O–H groups in total. The van der Waals surface area contributed by atoms with Crippen molar-refractivity contribution in [2.24, 2.45) is 0 Å². The molecule has 1 aliphatic rings. The predicted molar refractivity (Wildman–Crippen MR) is 237 cm³/mol. The predicted octanol–water partition coefficient (Wildman–Crippen LogP) is 15.5. The molecule has 0 bridgehead atoms.